The fourth-order valence-electron chi connectivity index (χ4n) is 2.41. The number of amides is 2. The van der Waals surface area contributed by atoms with Crippen LogP contribution in [0.1, 0.15) is 43.3 Å². The van der Waals surface area contributed by atoms with Crippen LogP contribution < -0.4 is 10.6 Å². The Kier molecular flexibility index (Phi) is 6.06. The lowest BCUT2D eigenvalue weighted by molar-refractivity contribution is -0.123. The molecule has 0 saturated heterocycles. The van der Waals surface area contributed by atoms with Crippen LogP contribution in [0.3, 0.4) is 0 Å². The summed E-state index contributed by atoms with van der Waals surface area (Å²) in [5.41, 5.74) is 2.03. The van der Waals surface area contributed by atoms with Gasteiger partial charge in [-0.1, -0.05) is 29.8 Å². The molecule has 0 radical (unpaired) electrons. The molecule has 0 spiro atoms. The van der Waals surface area contributed by atoms with Gasteiger partial charge in [-0.25, -0.2) is 0 Å². The number of benzene rings is 1. The van der Waals surface area contributed by atoms with Crippen molar-refractivity contribution in [1.82, 2.24) is 25.4 Å². The van der Waals surface area contributed by atoms with Crippen LogP contribution in [0.2, 0.25) is 0 Å². The average molecular weight is 329 g/mol. The van der Waals surface area contributed by atoms with E-state index in [4.69, 9.17) is 0 Å². The zero-order valence-electron chi connectivity index (χ0n) is 14.2. The average Bonchev–Trinajstić information content (AvgIpc) is 3.00. The maximum absolute atomic E-state index is 12.3. The molecule has 7 nitrogen and oxygen atoms in total. The van der Waals surface area contributed by atoms with Crippen molar-refractivity contribution >= 4 is 11.8 Å². The quantitative estimate of drug-likeness (QED) is 0.805. The molecule has 2 N–H and O–H groups in total. The van der Waals surface area contributed by atoms with Crippen LogP contribution in [0.15, 0.2) is 30.6 Å². The lowest BCUT2D eigenvalue weighted by Crippen LogP contribution is -2.32. The van der Waals surface area contributed by atoms with Gasteiger partial charge >= 0.3 is 0 Å². The third kappa shape index (κ3) is 4.91. The van der Waals surface area contributed by atoms with Gasteiger partial charge in [-0.15, -0.1) is 10.2 Å². The summed E-state index contributed by atoms with van der Waals surface area (Å²) < 4.78 is 1.87. The minimum Gasteiger partial charge on any atom is -0.349 e. The normalized spacial score (nSPS) is 11.8. The van der Waals surface area contributed by atoms with Crippen molar-refractivity contribution in [3.8, 4) is 0 Å². The maximum atomic E-state index is 12.3. The van der Waals surface area contributed by atoms with E-state index in [1.165, 1.54) is 6.92 Å². The molecular weight excluding hydrogens is 306 g/mol. The predicted octanol–water partition coefficient (Wildman–Crippen LogP) is 1.49. The molecular formula is C17H23N5O2. The minimum absolute atomic E-state index is 0.153. The first-order valence-corrected chi connectivity index (χ1v) is 7.96. The van der Waals surface area contributed by atoms with Gasteiger partial charge in [-0.2, -0.15) is 0 Å². The Balaban J connectivity index is 1.99. The van der Waals surface area contributed by atoms with E-state index in [9.17, 15) is 9.59 Å². The minimum atomic E-state index is -0.354. The molecule has 0 aliphatic heterocycles. The molecule has 1 aromatic carbocycles. The van der Waals surface area contributed by atoms with E-state index in [0.717, 1.165) is 17.7 Å². The molecule has 2 rings (SSSR count). The highest BCUT2D eigenvalue weighted by atomic mass is 16.2. The largest absolute Gasteiger partial charge is 0.349 e. The molecule has 0 saturated carbocycles. The number of rotatable bonds is 7. The van der Waals surface area contributed by atoms with E-state index in [-0.39, 0.29) is 24.3 Å². The summed E-state index contributed by atoms with van der Waals surface area (Å²) in [5.74, 6) is 0.386. The zero-order chi connectivity index (χ0) is 17.5. The molecule has 1 aromatic heterocycles. The molecule has 0 aliphatic carbocycles. The molecule has 1 unspecified atom stereocenters. The van der Waals surface area contributed by atoms with Crippen molar-refractivity contribution in [3.63, 3.8) is 0 Å². The van der Waals surface area contributed by atoms with Crippen LogP contribution in [0.5, 0.6) is 0 Å². The van der Waals surface area contributed by atoms with E-state index < -0.39 is 0 Å². The van der Waals surface area contributed by atoms with Crippen molar-refractivity contribution in [2.24, 2.45) is 0 Å². The number of aromatic nitrogens is 3. The Labute approximate surface area is 141 Å². The predicted molar refractivity (Wildman–Crippen MR) is 89.9 cm³/mol. The summed E-state index contributed by atoms with van der Waals surface area (Å²) in [7, 11) is 0. The second-order valence-corrected chi connectivity index (χ2v) is 5.68. The third-order valence-electron chi connectivity index (χ3n) is 3.73. The second-order valence-electron chi connectivity index (χ2n) is 5.68. The van der Waals surface area contributed by atoms with Crippen LogP contribution >= 0.6 is 0 Å². The van der Waals surface area contributed by atoms with E-state index in [1.54, 1.807) is 6.33 Å². The smallest absolute Gasteiger partial charge is 0.222 e. The van der Waals surface area contributed by atoms with Crippen molar-refractivity contribution < 1.29 is 9.59 Å². The monoisotopic (exact) mass is 329 g/mol. The summed E-state index contributed by atoms with van der Waals surface area (Å²) >= 11 is 0. The van der Waals surface area contributed by atoms with E-state index in [1.807, 2.05) is 42.7 Å². The van der Waals surface area contributed by atoms with Gasteiger partial charge in [0.2, 0.25) is 11.8 Å². The highest BCUT2D eigenvalue weighted by Crippen LogP contribution is 2.17. The molecule has 0 aliphatic rings. The van der Waals surface area contributed by atoms with E-state index in [2.05, 4.69) is 20.8 Å². The highest BCUT2D eigenvalue weighted by molar-refractivity contribution is 5.79. The number of carbonyl (C=O) groups is 2. The second kappa shape index (κ2) is 8.24. The van der Waals surface area contributed by atoms with Crippen molar-refractivity contribution in [2.75, 3.05) is 0 Å². The topological polar surface area (TPSA) is 88.9 Å². The molecule has 2 aromatic rings. The Morgan fingerprint density at radius 2 is 1.96 bits per heavy atom. The number of hydrogen-bond acceptors (Lipinski definition) is 4. The Hall–Kier alpha value is -2.70. The Morgan fingerprint density at radius 1 is 1.25 bits per heavy atom. The summed E-state index contributed by atoms with van der Waals surface area (Å²) in [6.07, 6.45) is 1.80. The summed E-state index contributed by atoms with van der Waals surface area (Å²) in [6, 6.07) is 7.43. The Bertz CT molecular complexity index is 693. The van der Waals surface area contributed by atoms with Gasteiger partial charge in [0, 0.05) is 13.5 Å². The number of carbonyl (C=O) groups excluding carboxylic acids is 2. The van der Waals surface area contributed by atoms with Crippen molar-refractivity contribution in [1.29, 1.82) is 0 Å². The number of nitrogens with zero attached hydrogens (tertiary/aromatic N) is 3. The molecule has 128 valence electrons. The van der Waals surface area contributed by atoms with Crippen molar-refractivity contribution in [2.45, 2.75) is 46.3 Å². The lowest BCUT2D eigenvalue weighted by Gasteiger charge is -2.18. The van der Waals surface area contributed by atoms with Gasteiger partial charge in [-0.05, 0) is 19.4 Å². The van der Waals surface area contributed by atoms with Crippen LogP contribution in [0.25, 0.3) is 0 Å². The van der Waals surface area contributed by atoms with Crippen LogP contribution in [0, 0.1) is 6.92 Å². The first kappa shape index (κ1) is 17.7. The van der Waals surface area contributed by atoms with Gasteiger partial charge in [0.15, 0.2) is 5.82 Å². The Morgan fingerprint density at radius 3 is 2.58 bits per heavy atom. The number of aryl methyl sites for hydroxylation is 2. The van der Waals surface area contributed by atoms with Crippen LogP contribution in [-0.2, 0) is 22.7 Å². The molecule has 0 fully saturated rings. The SMILES string of the molecule is CCn1cnnc1CNC(=O)CC(NC(C)=O)c1ccc(C)cc1. The van der Waals surface area contributed by atoms with Crippen LogP contribution in [0.4, 0.5) is 0 Å². The van der Waals surface area contributed by atoms with Gasteiger partial charge in [0.05, 0.1) is 19.0 Å². The number of nitrogens with one attached hydrogen (secondary N) is 2. The highest BCUT2D eigenvalue weighted by Gasteiger charge is 2.17. The van der Waals surface area contributed by atoms with Crippen LogP contribution in [-0.4, -0.2) is 26.6 Å². The fourth-order valence-corrected chi connectivity index (χ4v) is 2.41. The molecule has 0 bridgehead atoms. The molecule has 24 heavy (non-hydrogen) atoms. The summed E-state index contributed by atoms with van der Waals surface area (Å²) in [6.45, 7) is 6.49. The van der Waals surface area contributed by atoms with Gasteiger partial charge in [0.1, 0.15) is 6.33 Å². The van der Waals surface area contributed by atoms with E-state index >= 15 is 0 Å². The first-order valence-electron chi connectivity index (χ1n) is 7.96. The molecule has 7 heteroatoms. The van der Waals surface area contributed by atoms with Gasteiger partial charge in [-0.3, -0.25) is 9.59 Å². The zero-order valence-corrected chi connectivity index (χ0v) is 14.2. The van der Waals surface area contributed by atoms with Gasteiger partial charge < -0.3 is 15.2 Å². The number of hydrogen-bond donors (Lipinski definition) is 2. The summed E-state index contributed by atoms with van der Waals surface area (Å²) in [5, 5.41) is 13.5. The lowest BCUT2D eigenvalue weighted by atomic mass is 10.0. The molecule has 1 atom stereocenters. The molecule has 2 amide bonds. The third-order valence-corrected chi connectivity index (χ3v) is 3.73. The van der Waals surface area contributed by atoms with Crippen molar-refractivity contribution in [3.05, 3.63) is 47.5 Å². The summed E-state index contributed by atoms with van der Waals surface area (Å²) in [4.78, 5) is 23.7. The first-order chi connectivity index (χ1) is 11.5. The fraction of sp³-hybridized carbons (Fsp3) is 0.412. The van der Waals surface area contributed by atoms with E-state index in [0.29, 0.717) is 12.4 Å². The molecule has 1 heterocycles. The van der Waals surface area contributed by atoms with Gasteiger partial charge in [0.25, 0.3) is 0 Å². The maximum Gasteiger partial charge on any atom is 0.222 e. The standard InChI is InChI=1S/C17H23N5O2/c1-4-22-11-19-21-16(22)10-18-17(24)9-15(20-13(3)23)14-7-5-12(2)6-8-14/h5-8,11,15H,4,9-10H2,1-3H3,(H,18,24)(H,20,23).